The summed E-state index contributed by atoms with van der Waals surface area (Å²) < 4.78 is -0.170. The number of carbonyl (C=O) groups is 1. The topological polar surface area (TPSA) is 46.3 Å². The predicted molar refractivity (Wildman–Crippen MR) is 94.4 cm³/mol. The van der Waals surface area contributed by atoms with Gasteiger partial charge in [-0.25, -0.2) is 0 Å². The Kier molecular flexibility index (Phi) is 5.17. The van der Waals surface area contributed by atoms with Crippen LogP contribution in [-0.2, 0) is 0 Å². The van der Waals surface area contributed by atoms with Crippen molar-refractivity contribution < 1.29 is 4.79 Å². The molecule has 0 aromatic heterocycles. The molecule has 1 fully saturated rings. The second kappa shape index (κ2) is 6.55. The Balaban J connectivity index is 2.09. The summed E-state index contributed by atoms with van der Waals surface area (Å²) in [5, 5.41) is 0.624. The van der Waals surface area contributed by atoms with E-state index < -0.39 is 0 Å². The Morgan fingerprint density at radius 2 is 2.05 bits per heavy atom. The van der Waals surface area contributed by atoms with E-state index in [2.05, 4.69) is 0 Å². The van der Waals surface area contributed by atoms with Crippen molar-refractivity contribution in [2.24, 2.45) is 5.73 Å². The van der Waals surface area contributed by atoms with Gasteiger partial charge in [0.2, 0.25) is 0 Å². The maximum atomic E-state index is 12.5. The Morgan fingerprint density at radius 1 is 1.43 bits per heavy atom. The molecule has 1 saturated heterocycles. The van der Waals surface area contributed by atoms with Crippen LogP contribution in [0.25, 0.3) is 0 Å². The Morgan fingerprint density at radius 3 is 2.52 bits per heavy atom. The number of benzene rings is 1. The maximum Gasteiger partial charge on any atom is 0.253 e. The van der Waals surface area contributed by atoms with Crippen LogP contribution in [0.2, 0.25) is 5.02 Å². The SMILES string of the molecule is CSC1(C(N)=S)CCN(C(=O)c2ccc(C)c(Cl)c2)CC1. The fourth-order valence-corrected chi connectivity index (χ4v) is 3.96. The number of halogens is 1. The van der Waals surface area contributed by atoms with E-state index in [-0.39, 0.29) is 10.7 Å². The van der Waals surface area contributed by atoms with Gasteiger partial charge in [-0.05, 0) is 43.7 Å². The quantitative estimate of drug-likeness (QED) is 0.856. The van der Waals surface area contributed by atoms with E-state index in [0.717, 1.165) is 18.4 Å². The normalized spacial score (nSPS) is 17.6. The van der Waals surface area contributed by atoms with E-state index in [0.29, 0.717) is 28.7 Å². The zero-order chi connectivity index (χ0) is 15.6. The largest absolute Gasteiger partial charge is 0.392 e. The molecule has 0 spiro atoms. The number of thiocarbonyl (C=S) groups is 1. The summed E-state index contributed by atoms with van der Waals surface area (Å²) in [7, 11) is 0. The van der Waals surface area contributed by atoms with Gasteiger partial charge in [-0.15, -0.1) is 0 Å². The van der Waals surface area contributed by atoms with Crippen LogP contribution in [0.3, 0.4) is 0 Å². The molecule has 0 bridgehead atoms. The first kappa shape index (κ1) is 16.6. The number of rotatable bonds is 3. The second-order valence-corrected chi connectivity index (χ2v) is 7.36. The molecule has 114 valence electrons. The average molecular weight is 343 g/mol. The maximum absolute atomic E-state index is 12.5. The summed E-state index contributed by atoms with van der Waals surface area (Å²) in [6.07, 6.45) is 3.63. The number of amides is 1. The van der Waals surface area contributed by atoms with E-state index in [1.165, 1.54) is 0 Å². The van der Waals surface area contributed by atoms with Crippen molar-refractivity contribution in [1.82, 2.24) is 4.90 Å². The molecular formula is C15H19ClN2OS2. The Bertz CT molecular complexity index is 569. The molecule has 2 N–H and O–H groups in total. The van der Waals surface area contributed by atoms with Crippen LogP contribution in [0.15, 0.2) is 18.2 Å². The van der Waals surface area contributed by atoms with Crippen LogP contribution in [0, 0.1) is 6.92 Å². The van der Waals surface area contributed by atoms with Crippen LogP contribution in [0.1, 0.15) is 28.8 Å². The van der Waals surface area contributed by atoms with Crippen molar-refractivity contribution in [2.45, 2.75) is 24.5 Å². The lowest BCUT2D eigenvalue weighted by molar-refractivity contribution is 0.0719. The fourth-order valence-electron chi connectivity index (χ4n) is 2.53. The van der Waals surface area contributed by atoms with Crippen LogP contribution in [0.4, 0.5) is 0 Å². The molecule has 0 aliphatic carbocycles. The molecule has 21 heavy (non-hydrogen) atoms. The van der Waals surface area contributed by atoms with Gasteiger partial charge in [0.1, 0.15) is 0 Å². The number of likely N-dealkylation sites (tertiary alicyclic amines) is 1. The fraction of sp³-hybridized carbons (Fsp3) is 0.467. The van der Waals surface area contributed by atoms with Crippen LogP contribution in [-0.4, -0.2) is 39.9 Å². The smallest absolute Gasteiger partial charge is 0.253 e. The van der Waals surface area contributed by atoms with Gasteiger partial charge in [0, 0.05) is 23.7 Å². The number of hydrogen-bond donors (Lipinski definition) is 1. The lowest BCUT2D eigenvalue weighted by Gasteiger charge is -2.40. The molecule has 0 unspecified atom stereocenters. The highest BCUT2D eigenvalue weighted by molar-refractivity contribution is 8.02. The molecule has 1 aromatic carbocycles. The highest BCUT2D eigenvalue weighted by Crippen LogP contribution is 2.35. The lowest BCUT2D eigenvalue weighted by Crippen LogP contribution is -2.50. The zero-order valence-electron chi connectivity index (χ0n) is 12.2. The molecule has 6 heteroatoms. The molecule has 3 nitrogen and oxygen atoms in total. The first-order chi connectivity index (χ1) is 9.89. The molecular weight excluding hydrogens is 324 g/mol. The van der Waals surface area contributed by atoms with Gasteiger partial charge in [0.15, 0.2) is 0 Å². The minimum atomic E-state index is -0.170. The molecule has 2 rings (SSSR count). The second-order valence-electron chi connectivity index (χ2n) is 5.32. The highest BCUT2D eigenvalue weighted by Gasteiger charge is 2.37. The third-order valence-electron chi connectivity index (χ3n) is 4.12. The number of aryl methyl sites for hydroxylation is 1. The van der Waals surface area contributed by atoms with Gasteiger partial charge in [0.25, 0.3) is 5.91 Å². The number of carbonyl (C=O) groups excluding carboxylic acids is 1. The monoisotopic (exact) mass is 342 g/mol. The van der Waals surface area contributed by atoms with Crippen molar-refractivity contribution in [1.29, 1.82) is 0 Å². The van der Waals surface area contributed by atoms with Crippen LogP contribution < -0.4 is 5.73 Å². The van der Waals surface area contributed by atoms with E-state index in [4.69, 9.17) is 29.6 Å². The Hall–Kier alpha value is -0.780. The molecule has 0 atom stereocenters. The minimum absolute atomic E-state index is 0.0227. The number of nitrogens with zero attached hydrogens (tertiary/aromatic N) is 1. The molecule has 0 saturated carbocycles. The van der Waals surface area contributed by atoms with E-state index in [1.807, 2.05) is 30.2 Å². The van der Waals surface area contributed by atoms with Gasteiger partial charge in [-0.3, -0.25) is 4.79 Å². The summed E-state index contributed by atoms with van der Waals surface area (Å²) in [6, 6.07) is 5.44. The summed E-state index contributed by atoms with van der Waals surface area (Å²) in [5.41, 5.74) is 7.48. The molecule has 1 aliphatic heterocycles. The summed E-state index contributed by atoms with van der Waals surface area (Å²) in [6.45, 7) is 3.26. The van der Waals surface area contributed by atoms with Gasteiger partial charge in [-0.2, -0.15) is 11.8 Å². The Labute approximate surface area is 140 Å². The van der Waals surface area contributed by atoms with Crippen molar-refractivity contribution in [3.05, 3.63) is 34.3 Å². The highest BCUT2D eigenvalue weighted by atomic mass is 35.5. The first-order valence-electron chi connectivity index (χ1n) is 6.80. The third kappa shape index (κ3) is 3.35. The van der Waals surface area contributed by atoms with Gasteiger partial charge >= 0.3 is 0 Å². The first-order valence-corrected chi connectivity index (χ1v) is 8.81. The molecule has 0 radical (unpaired) electrons. The predicted octanol–water partition coefficient (Wildman–Crippen LogP) is 3.27. The van der Waals surface area contributed by atoms with Crippen molar-refractivity contribution >= 4 is 46.5 Å². The van der Waals surface area contributed by atoms with Gasteiger partial charge < -0.3 is 10.6 Å². The molecule has 1 aliphatic rings. The zero-order valence-corrected chi connectivity index (χ0v) is 14.6. The average Bonchev–Trinajstić information content (AvgIpc) is 2.49. The summed E-state index contributed by atoms with van der Waals surface area (Å²) >= 11 is 13.0. The number of piperidine rings is 1. The van der Waals surface area contributed by atoms with Gasteiger partial charge in [-0.1, -0.05) is 29.9 Å². The number of nitrogens with two attached hydrogens (primary N) is 1. The van der Waals surface area contributed by atoms with Crippen LogP contribution >= 0.6 is 35.6 Å². The summed E-state index contributed by atoms with van der Waals surface area (Å²) in [4.78, 5) is 14.9. The molecule has 1 heterocycles. The van der Waals surface area contributed by atoms with Crippen molar-refractivity contribution in [2.75, 3.05) is 19.3 Å². The van der Waals surface area contributed by atoms with Crippen molar-refractivity contribution in [3.63, 3.8) is 0 Å². The number of hydrogen-bond acceptors (Lipinski definition) is 3. The lowest BCUT2D eigenvalue weighted by atomic mass is 9.95. The molecule has 1 amide bonds. The minimum Gasteiger partial charge on any atom is -0.392 e. The van der Waals surface area contributed by atoms with Gasteiger partial charge in [0.05, 0.1) is 9.74 Å². The van der Waals surface area contributed by atoms with E-state index >= 15 is 0 Å². The molecule has 1 aromatic rings. The van der Waals surface area contributed by atoms with Crippen molar-refractivity contribution in [3.8, 4) is 0 Å². The van der Waals surface area contributed by atoms with Crippen LogP contribution in [0.5, 0.6) is 0 Å². The summed E-state index contributed by atoms with van der Waals surface area (Å²) in [5.74, 6) is 0.0227. The van der Waals surface area contributed by atoms with E-state index in [1.54, 1.807) is 17.8 Å². The standard InChI is InChI=1S/C15H19ClN2OS2/c1-10-3-4-11(9-12(10)16)13(19)18-7-5-15(21-2,6-8-18)14(17)20/h3-4,9H,5-8H2,1-2H3,(H2,17,20). The number of thioether (sulfide) groups is 1. The van der Waals surface area contributed by atoms with E-state index in [9.17, 15) is 4.79 Å². The third-order valence-corrected chi connectivity index (χ3v) is 6.45.